The lowest BCUT2D eigenvalue weighted by Gasteiger charge is -2.40. The molecule has 1 fully saturated rings. The average molecular weight is 444 g/mol. The molecule has 0 amide bonds. The second-order valence-corrected chi connectivity index (χ2v) is 9.85. The Labute approximate surface area is 185 Å². The first-order chi connectivity index (χ1) is 14.9. The van der Waals surface area contributed by atoms with E-state index in [-0.39, 0.29) is 17.0 Å². The van der Waals surface area contributed by atoms with Crippen molar-refractivity contribution in [2.24, 2.45) is 11.3 Å². The van der Waals surface area contributed by atoms with E-state index in [4.69, 9.17) is 4.98 Å². The number of rotatable bonds is 4. The van der Waals surface area contributed by atoms with Gasteiger partial charge in [-0.2, -0.15) is 13.2 Å². The fourth-order valence-corrected chi connectivity index (χ4v) is 5.30. The summed E-state index contributed by atoms with van der Waals surface area (Å²) in [6.45, 7) is 6.75. The van der Waals surface area contributed by atoms with Crippen LogP contribution in [0.2, 0.25) is 0 Å². The highest BCUT2D eigenvalue weighted by Crippen LogP contribution is 2.45. The van der Waals surface area contributed by atoms with Gasteiger partial charge < -0.3 is 9.67 Å². The second kappa shape index (κ2) is 7.94. The second-order valence-electron chi connectivity index (χ2n) is 9.85. The van der Waals surface area contributed by atoms with Crippen LogP contribution in [0.15, 0.2) is 42.5 Å². The summed E-state index contributed by atoms with van der Waals surface area (Å²) in [5, 5.41) is 9.37. The number of fused-ring (bicyclic) bond motifs is 1. The topological polar surface area (TPSA) is 55.1 Å². The Balaban J connectivity index is 1.78. The van der Waals surface area contributed by atoms with Gasteiger partial charge in [0.2, 0.25) is 0 Å². The van der Waals surface area contributed by atoms with Crippen molar-refractivity contribution in [3.63, 3.8) is 0 Å². The summed E-state index contributed by atoms with van der Waals surface area (Å²) in [4.78, 5) is 16.2. The van der Waals surface area contributed by atoms with Crippen molar-refractivity contribution in [3.05, 3.63) is 65.0 Å². The van der Waals surface area contributed by atoms with E-state index in [0.29, 0.717) is 17.9 Å². The molecule has 0 unspecified atom stereocenters. The molecule has 0 aliphatic heterocycles. The molecular formula is C25H27F3N2O2. The van der Waals surface area contributed by atoms with Gasteiger partial charge in [0.1, 0.15) is 5.82 Å². The number of aromatic nitrogens is 2. The van der Waals surface area contributed by atoms with Crippen molar-refractivity contribution < 1.29 is 23.1 Å². The molecule has 0 bridgehead atoms. The Bertz CT molecular complexity index is 1150. The molecule has 170 valence electrons. The van der Waals surface area contributed by atoms with Crippen molar-refractivity contribution in [3.8, 4) is 0 Å². The lowest BCUT2D eigenvalue weighted by molar-refractivity contribution is -0.137. The van der Waals surface area contributed by atoms with Crippen LogP contribution in [0.5, 0.6) is 0 Å². The molecule has 4 nitrogen and oxygen atoms in total. The van der Waals surface area contributed by atoms with Crippen molar-refractivity contribution in [2.75, 3.05) is 0 Å². The summed E-state index contributed by atoms with van der Waals surface area (Å²) >= 11 is 0. The molecule has 1 heterocycles. The van der Waals surface area contributed by atoms with Gasteiger partial charge in [0, 0.05) is 12.5 Å². The molecule has 7 heteroatoms. The van der Waals surface area contributed by atoms with E-state index in [1.54, 1.807) is 18.2 Å². The highest BCUT2D eigenvalue weighted by molar-refractivity contribution is 5.92. The van der Waals surface area contributed by atoms with Gasteiger partial charge in [-0.3, -0.25) is 0 Å². The maximum Gasteiger partial charge on any atom is 0.416 e. The minimum Gasteiger partial charge on any atom is -0.478 e. The molecule has 0 saturated heterocycles. The zero-order valence-electron chi connectivity index (χ0n) is 18.4. The smallest absolute Gasteiger partial charge is 0.416 e. The summed E-state index contributed by atoms with van der Waals surface area (Å²) in [5.41, 5.74) is 1.85. The first-order valence-electron chi connectivity index (χ1n) is 10.8. The number of imidazole rings is 1. The van der Waals surface area contributed by atoms with E-state index in [2.05, 4.69) is 25.3 Å². The molecule has 2 aromatic carbocycles. The highest BCUT2D eigenvalue weighted by atomic mass is 19.4. The molecule has 1 aliphatic rings. The van der Waals surface area contributed by atoms with E-state index >= 15 is 0 Å². The van der Waals surface area contributed by atoms with E-state index in [9.17, 15) is 23.1 Å². The zero-order valence-corrected chi connectivity index (χ0v) is 18.4. The number of carboxylic acid groups (broad SMARTS) is 1. The van der Waals surface area contributed by atoms with E-state index in [1.165, 1.54) is 12.1 Å². The van der Waals surface area contributed by atoms with E-state index < -0.39 is 17.7 Å². The molecule has 2 atom stereocenters. The maximum atomic E-state index is 12.9. The molecule has 1 aromatic heterocycles. The minimum absolute atomic E-state index is 0.158. The number of hydrogen-bond acceptors (Lipinski definition) is 2. The van der Waals surface area contributed by atoms with Crippen molar-refractivity contribution in [1.82, 2.24) is 9.55 Å². The van der Waals surface area contributed by atoms with Gasteiger partial charge in [-0.15, -0.1) is 0 Å². The third-order valence-electron chi connectivity index (χ3n) is 6.38. The number of alkyl halides is 3. The lowest BCUT2D eigenvalue weighted by atomic mass is 9.70. The van der Waals surface area contributed by atoms with Gasteiger partial charge in [-0.1, -0.05) is 32.9 Å². The highest BCUT2D eigenvalue weighted by Gasteiger charge is 2.35. The van der Waals surface area contributed by atoms with Crippen LogP contribution >= 0.6 is 0 Å². The summed E-state index contributed by atoms with van der Waals surface area (Å²) in [7, 11) is 0. The molecule has 0 spiro atoms. The van der Waals surface area contributed by atoms with Crippen molar-refractivity contribution in [1.29, 1.82) is 0 Å². The Morgan fingerprint density at radius 3 is 2.44 bits per heavy atom. The number of carbonyl (C=O) groups is 1. The molecular weight excluding hydrogens is 417 g/mol. The van der Waals surface area contributed by atoms with Gasteiger partial charge >= 0.3 is 12.1 Å². The molecule has 32 heavy (non-hydrogen) atoms. The fourth-order valence-electron chi connectivity index (χ4n) is 5.30. The number of hydrogen-bond donors (Lipinski definition) is 1. The zero-order chi connectivity index (χ0) is 23.3. The predicted octanol–water partition coefficient (Wildman–Crippen LogP) is 6.73. The quantitative estimate of drug-likeness (QED) is 0.485. The molecule has 3 aromatic rings. The van der Waals surface area contributed by atoms with Crippen molar-refractivity contribution in [2.45, 2.75) is 58.7 Å². The summed E-state index contributed by atoms with van der Waals surface area (Å²) in [5.74, 6) is 0.258. The fraction of sp³-hybridized carbons (Fsp3) is 0.440. The van der Waals surface area contributed by atoms with Crippen LogP contribution in [-0.4, -0.2) is 20.6 Å². The minimum atomic E-state index is -4.37. The van der Waals surface area contributed by atoms with Crippen LogP contribution < -0.4 is 0 Å². The SMILES string of the molecule is C[C@@H]1C[C@H](n2c(Cc3ccc(C(F)(F)F)cc3)nc3cc(C(=O)O)ccc32)CC(C)(C)C1. The van der Waals surface area contributed by atoms with Crippen LogP contribution in [0, 0.1) is 11.3 Å². The van der Waals surface area contributed by atoms with Crippen LogP contribution in [0.3, 0.4) is 0 Å². The van der Waals surface area contributed by atoms with E-state index in [0.717, 1.165) is 48.3 Å². The van der Waals surface area contributed by atoms with Crippen LogP contribution in [-0.2, 0) is 12.6 Å². The van der Waals surface area contributed by atoms with Gasteiger partial charge in [-0.25, -0.2) is 9.78 Å². The third-order valence-corrected chi connectivity index (χ3v) is 6.38. The maximum absolute atomic E-state index is 12.9. The standard InChI is InChI=1S/C25H27F3N2O2/c1-15-10-19(14-24(2,3)13-15)30-21-9-6-17(23(31)32)12-20(21)29-22(30)11-16-4-7-18(8-5-16)25(26,27)28/h4-9,12,15,19H,10-11,13-14H2,1-3H3,(H,31,32)/t15-,19+/m1/s1. The molecule has 1 N–H and O–H groups in total. The number of halogens is 3. The molecule has 4 rings (SSSR count). The van der Waals surface area contributed by atoms with Crippen LogP contribution in [0.4, 0.5) is 13.2 Å². The summed E-state index contributed by atoms with van der Waals surface area (Å²) in [6, 6.07) is 10.3. The summed E-state index contributed by atoms with van der Waals surface area (Å²) in [6.07, 6.45) is -0.921. The first-order valence-corrected chi connectivity index (χ1v) is 10.8. The number of nitrogens with zero attached hydrogens (tertiary/aromatic N) is 2. The summed E-state index contributed by atoms with van der Waals surface area (Å²) < 4.78 is 41.0. The van der Waals surface area contributed by atoms with Gasteiger partial charge in [0.15, 0.2) is 0 Å². The monoisotopic (exact) mass is 444 g/mol. The largest absolute Gasteiger partial charge is 0.478 e. The van der Waals surface area contributed by atoms with Gasteiger partial charge in [0.25, 0.3) is 0 Å². The third kappa shape index (κ3) is 4.52. The molecule has 1 aliphatic carbocycles. The normalized spacial score (nSPS) is 21.1. The van der Waals surface area contributed by atoms with Gasteiger partial charge in [0.05, 0.1) is 22.2 Å². The number of carboxylic acids is 1. The Hall–Kier alpha value is -2.83. The number of aromatic carboxylic acids is 1. The number of benzene rings is 2. The van der Waals surface area contributed by atoms with Crippen LogP contribution in [0.1, 0.15) is 73.4 Å². The Kier molecular flexibility index (Phi) is 5.55. The molecule has 0 radical (unpaired) electrons. The Morgan fingerprint density at radius 2 is 1.84 bits per heavy atom. The average Bonchev–Trinajstić information content (AvgIpc) is 3.03. The van der Waals surface area contributed by atoms with Gasteiger partial charge in [-0.05, 0) is 66.5 Å². The van der Waals surface area contributed by atoms with Crippen LogP contribution in [0.25, 0.3) is 11.0 Å². The van der Waals surface area contributed by atoms with Crippen molar-refractivity contribution >= 4 is 17.0 Å². The van der Waals surface area contributed by atoms with E-state index in [1.807, 2.05) is 0 Å². The first kappa shape index (κ1) is 22.4. The Morgan fingerprint density at radius 1 is 1.16 bits per heavy atom. The predicted molar refractivity (Wildman–Crippen MR) is 117 cm³/mol. The molecule has 1 saturated carbocycles. The lowest BCUT2D eigenvalue weighted by Crippen LogP contribution is -2.30.